The normalized spacial score (nSPS) is 12.2. The van der Waals surface area contributed by atoms with E-state index in [-0.39, 0.29) is 12.5 Å². The second-order valence-corrected chi connectivity index (χ2v) is 6.40. The highest BCUT2D eigenvalue weighted by atomic mass is 16.5. The zero-order valence-corrected chi connectivity index (χ0v) is 15.0. The van der Waals surface area contributed by atoms with Crippen LogP contribution in [0.5, 0.6) is 5.75 Å². The molecule has 1 amide bonds. The van der Waals surface area contributed by atoms with Gasteiger partial charge in [0.05, 0.1) is 12.0 Å². The predicted octanol–water partition coefficient (Wildman–Crippen LogP) is 1.01. The molecule has 0 radical (unpaired) electrons. The zero-order chi connectivity index (χ0) is 19.3. The Morgan fingerprint density at radius 2 is 2.00 bits per heavy atom. The zero-order valence-electron chi connectivity index (χ0n) is 15.0. The first-order valence-corrected chi connectivity index (χ1v) is 8.51. The number of amides is 1. The summed E-state index contributed by atoms with van der Waals surface area (Å²) < 4.78 is 10.6. The summed E-state index contributed by atoms with van der Waals surface area (Å²) in [5.74, 6) is -1.88. The van der Waals surface area contributed by atoms with Crippen molar-refractivity contribution < 1.29 is 23.8 Å². The SMILES string of the molecule is CCCc1cc(=O)oc2cc(OCC(=O)N[C@H](C(=O)[O-])C(C)C)ccc12. The molecule has 0 spiro atoms. The quantitative estimate of drug-likeness (QED) is 0.704. The lowest BCUT2D eigenvalue weighted by Gasteiger charge is -2.23. The van der Waals surface area contributed by atoms with Crippen molar-refractivity contribution in [2.45, 2.75) is 39.7 Å². The molecule has 26 heavy (non-hydrogen) atoms. The third kappa shape index (κ3) is 4.84. The first-order valence-electron chi connectivity index (χ1n) is 8.51. The Morgan fingerprint density at radius 3 is 2.62 bits per heavy atom. The molecule has 1 aromatic carbocycles. The third-order valence-electron chi connectivity index (χ3n) is 3.93. The average Bonchev–Trinajstić information content (AvgIpc) is 2.57. The molecule has 7 nitrogen and oxygen atoms in total. The van der Waals surface area contributed by atoms with E-state index in [2.05, 4.69) is 5.32 Å². The molecule has 1 aromatic heterocycles. The van der Waals surface area contributed by atoms with E-state index in [1.807, 2.05) is 6.92 Å². The number of aryl methyl sites for hydroxylation is 1. The fraction of sp³-hybridized carbons (Fsp3) is 0.421. The number of nitrogens with one attached hydrogen (secondary N) is 1. The highest BCUT2D eigenvalue weighted by molar-refractivity contribution is 5.84. The van der Waals surface area contributed by atoms with Gasteiger partial charge in [-0.05, 0) is 30.0 Å². The van der Waals surface area contributed by atoms with E-state index >= 15 is 0 Å². The average molecular weight is 360 g/mol. The van der Waals surface area contributed by atoms with Crippen LogP contribution < -0.4 is 20.8 Å². The Labute approximate surface area is 151 Å². The van der Waals surface area contributed by atoms with Crippen LogP contribution in [0.4, 0.5) is 0 Å². The van der Waals surface area contributed by atoms with Gasteiger partial charge in [0.25, 0.3) is 5.91 Å². The summed E-state index contributed by atoms with van der Waals surface area (Å²) in [4.78, 5) is 34.6. The van der Waals surface area contributed by atoms with Gasteiger partial charge in [0, 0.05) is 17.5 Å². The summed E-state index contributed by atoms with van der Waals surface area (Å²) in [5, 5.41) is 14.2. The van der Waals surface area contributed by atoms with Gasteiger partial charge in [-0.2, -0.15) is 0 Å². The van der Waals surface area contributed by atoms with Gasteiger partial charge < -0.3 is 24.4 Å². The standard InChI is InChI=1S/C19H23NO6/c1-4-5-12-8-17(22)26-15-9-13(6-7-14(12)15)25-10-16(21)20-18(11(2)3)19(23)24/h6-9,11,18H,4-5,10H2,1-3H3,(H,20,21)(H,23,24)/p-1/t18-/m0/s1. The highest BCUT2D eigenvalue weighted by Gasteiger charge is 2.17. The molecule has 140 valence electrons. The summed E-state index contributed by atoms with van der Waals surface area (Å²) in [6, 6.07) is 5.38. The van der Waals surface area contributed by atoms with Gasteiger partial charge >= 0.3 is 5.63 Å². The maximum atomic E-state index is 11.9. The van der Waals surface area contributed by atoms with Crippen LogP contribution in [-0.4, -0.2) is 24.5 Å². The molecule has 1 heterocycles. The lowest BCUT2D eigenvalue weighted by molar-refractivity contribution is -0.309. The number of hydrogen-bond donors (Lipinski definition) is 1. The molecule has 0 bridgehead atoms. The summed E-state index contributed by atoms with van der Waals surface area (Å²) in [6.07, 6.45) is 1.65. The van der Waals surface area contributed by atoms with Crippen molar-refractivity contribution in [3.8, 4) is 5.75 Å². The Kier molecular flexibility index (Phi) is 6.38. The molecule has 1 N–H and O–H groups in total. The molecule has 7 heteroatoms. The lowest BCUT2D eigenvalue weighted by Crippen LogP contribution is -2.51. The van der Waals surface area contributed by atoms with Crippen LogP contribution in [-0.2, 0) is 16.0 Å². The Balaban J connectivity index is 2.10. The molecular formula is C19H22NO6-. The van der Waals surface area contributed by atoms with E-state index < -0.39 is 23.5 Å². The Bertz CT molecular complexity index is 855. The lowest BCUT2D eigenvalue weighted by atomic mass is 10.1. The van der Waals surface area contributed by atoms with Crippen LogP contribution in [0.3, 0.4) is 0 Å². The molecular weight excluding hydrogens is 338 g/mol. The van der Waals surface area contributed by atoms with Crippen molar-refractivity contribution in [1.29, 1.82) is 0 Å². The molecule has 0 saturated carbocycles. The number of carbonyl (C=O) groups is 2. The van der Waals surface area contributed by atoms with Gasteiger partial charge in [0.1, 0.15) is 11.3 Å². The number of fused-ring (bicyclic) bond motifs is 1. The van der Waals surface area contributed by atoms with E-state index in [1.165, 1.54) is 6.07 Å². The number of carboxylic acids is 1. The third-order valence-corrected chi connectivity index (χ3v) is 3.93. The summed E-state index contributed by atoms with van der Waals surface area (Å²) in [6.45, 7) is 5.00. The van der Waals surface area contributed by atoms with Crippen LogP contribution >= 0.6 is 0 Å². The maximum absolute atomic E-state index is 11.9. The van der Waals surface area contributed by atoms with Crippen LogP contribution in [0.1, 0.15) is 32.8 Å². The van der Waals surface area contributed by atoms with Crippen LogP contribution in [0.2, 0.25) is 0 Å². The largest absolute Gasteiger partial charge is 0.548 e. The fourth-order valence-electron chi connectivity index (χ4n) is 2.64. The number of carboxylic acid groups (broad SMARTS) is 1. The van der Waals surface area contributed by atoms with Crippen molar-refractivity contribution in [2.24, 2.45) is 5.92 Å². The Hall–Kier alpha value is -2.83. The minimum Gasteiger partial charge on any atom is -0.548 e. The molecule has 0 aliphatic heterocycles. The van der Waals surface area contributed by atoms with E-state index in [0.717, 1.165) is 23.8 Å². The van der Waals surface area contributed by atoms with Crippen molar-refractivity contribution in [2.75, 3.05) is 6.61 Å². The van der Waals surface area contributed by atoms with Crippen molar-refractivity contribution in [3.05, 3.63) is 40.2 Å². The number of hydrogen-bond acceptors (Lipinski definition) is 6. The minimum atomic E-state index is -1.34. The molecule has 1 atom stereocenters. The van der Waals surface area contributed by atoms with Crippen molar-refractivity contribution in [3.63, 3.8) is 0 Å². The number of ether oxygens (including phenoxy) is 1. The van der Waals surface area contributed by atoms with Gasteiger partial charge in [-0.25, -0.2) is 4.79 Å². The number of aliphatic carboxylic acids is 1. The second-order valence-electron chi connectivity index (χ2n) is 6.40. The van der Waals surface area contributed by atoms with E-state index in [1.54, 1.807) is 32.0 Å². The summed E-state index contributed by atoms with van der Waals surface area (Å²) in [5.41, 5.74) is 0.843. The van der Waals surface area contributed by atoms with Crippen LogP contribution in [0, 0.1) is 5.92 Å². The van der Waals surface area contributed by atoms with Crippen LogP contribution in [0.15, 0.2) is 33.5 Å². The van der Waals surface area contributed by atoms with E-state index in [4.69, 9.17) is 9.15 Å². The van der Waals surface area contributed by atoms with E-state index in [9.17, 15) is 19.5 Å². The number of rotatable bonds is 8. The highest BCUT2D eigenvalue weighted by Crippen LogP contribution is 2.23. The molecule has 0 unspecified atom stereocenters. The van der Waals surface area contributed by atoms with Gasteiger partial charge in [0.2, 0.25) is 0 Å². The number of carbonyl (C=O) groups excluding carboxylic acids is 2. The Morgan fingerprint density at radius 1 is 1.27 bits per heavy atom. The fourth-order valence-corrected chi connectivity index (χ4v) is 2.64. The summed E-state index contributed by atoms with van der Waals surface area (Å²) in [7, 11) is 0. The minimum absolute atomic E-state index is 0.309. The number of benzene rings is 1. The predicted molar refractivity (Wildman–Crippen MR) is 93.7 cm³/mol. The molecule has 0 saturated heterocycles. The molecule has 0 aliphatic carbocycles. The molecule has 2 aromatic rings. The van der Waals surface area contributed by atoms with E-state index in [0.29, 0.717) is 11.3 Å². The first kappa shape index (κ1) is 19.5. The van der Waals surface area contributed by atoms with Crippen molar-refractivity contribution >= 4 is 22.8 Å². The van der Waals surface area contributed by atoms with Gasteiger partial charge in [-0.3, -0.25) is 4.79 Å². The van der Waals surface area contributed by atoms with Crippen LogP contribution in [0.25, 0.3) is 11.0 Å². The van der Waals surface area contributed by atoms with Gasteiger partial charge in [-0.15, -0.1) is 0 Å². The molecule has 0 fully saturated rings. The second kappa shape index (κ2) is 8.51. The smallest absolute Gasteiger partial charge is 0.336 e. The maximum Gasteiger partial charge on any atom is 0.336 e. The monoisotopic (exact) mass is 360 g/mol. The molecule has 0 aliphatic rings. The first-order chi connectivity index (χ1) is 12.3. The molecule has 2 rings (SSSR count). The van der Waals surface area contributed by atoms with Gasteiger partial charge in [0.15, 0.2) is 6.61 Å². The topological polar surface area (TPSA) is 109 Å². The van der Waals surface area contributed by atoms with Crippen molar-refractivity contribution in [1.82, 2.24) is 5.32 Å². The summed E-state index contributed by atoms with van der Waals surface area (Å²) >= 11 is 0. The van der Waals surface area contributed by atoms with Gasteiger partial charge in [-0.1, -0.05) is 27.2 Å².